The number of carbonyl (C=O) groups excluding carboxylic acids is 1. The van der Waals surface area contributed by atoms with Gasteiger partial charge in [-0.2, -0.15) is 5.10 Å². The molecule has 8 heteroatoms. The highest BCUT2D eigenvalue weighted by Crippen LogP contribution is 2.55. The number of hydrogen-bond donors (Lipinski definition) is 1. The minimum Gasteiger partial charge on any atom is -0.497 e. The maximum absolute atomic E-state index is 12.9. The smallest absolute Gasteiger partial charge is 0.274 e. The van der Waals surface area contributed by atoms with Crippen molar-refractivity contribution in [3.8, 4) is 5.75 Å². The Labute approximate surface area is 182 Å². The van der Waals surface area contributed by atoms with Gasteiger partial charge in [0.15, 0.2) is 5.84 Å². The lowest BCUT2D eigenvalue weighted by Gasteiger charge is -2.32. The number of rotatable bonds is 5. The Bertz CT molecular complexity index is 1010. The molecule has 8 nitrogen and oxygen atoms in total. The Morgan fingerprint density at radius 1 is 1.23 bits per heavy atom. The molecule has 1 N–H and O–H groups in total. The first-order valence-electron chi connectivity index (χ1n) is 10.8. The molecule has 164 valence electrons. The number of oxime groups is 1. The summed E-state index contributed by atoms with van der Waals surface area (Å²) in [4.78, 5) is 22.8. The first-order chi connectivity index (χ1) is 14.8. The van der Waals surface area contributed by atoms with Gasteiger partial charge in [0.25, 0.3) is 5.91 Å². The third kappa shape index (κ3) is 3.25. The van der Waals surface area contributed by atoms with Crippen LogP contribution in [0, 0.1) is 17.8 Å². The molecule has 1 saturated carbocycles. The molecular formula is C23H29N5O3. The Morgan fingerprint density at radius 3 is 2.48 bits per heavy atom. The second kappa shape index (κ2) is 7.00. The molecule has 0 bridgehead atoms. The molecule has 2 atom stereocenters. The van der Waals surface area contributed by atoms with Crippen molar-refractivity contribution >= 4 is 17.4 Å². The number of aromatic nitrogens is 2. The molecule has 1 amide bonds. The van der Waals surface area contributed by atoms with Crippen LogP contribution < -0.4 is 9.64 Å². The van der Waals surface area contributed by atoms with Crippen LogP contribution in [0.5, 0.6) is 5.75 Å². The third-order valence-electron chi connectivity index (χ3n) is 6.68. The van der Waals surface area contributed by atoms with Crippen molar-refractivity contribution < 1.29 is 14.4 Å². The summed E-state index contributed by atoms with van der Waals surface area (Å²) in [6, 6.07) is 9.83. The molecule has 2 fully saturated rings. The third-order valence-corrected chi connectivity index (χ3v) is 6.68. The first-order valence-corrected chi connectivity index (χ1v) is 10.8. The van der Waals surface area contributed by atoms with Crippen LogP contribution in [0.1, 0.15) is 49.8 Å². The quantitative estimate of drug-likeness (QED) is 0.797. The number of hydrogen-bond acceptors (Lipinski definition) is 6. The Balaban J connectivity index is 1.29. The van der Waals surface area contributed by atoms with Crippen LogP contribution in [-0.2, 0) is 4.84 Å². The molecule has 0 radical (unpaired) electrons. The van der Waals surface area contributed by atoms with E-state index in [4.69, 9.17) is 9.57 Å². The summed E-state index contributed by atoms with van der Waals surface area (Å²) in [5.41, 5.74) is 1.96. The second-order valence-electron chi connectivity index (χ2n) is 9.45. The van der Waals surface area contributed by atoms with E-state index in [9.17, 15) is 4.79 Å². The van der Waals surface area contributed by atoms with Gasteiger partial charge in [-0.15, -0.1) is 0 Å². The van der Waals surface area contributed by atoms with Gasteiger partial charge in [0.05, 0.1) is 7.11 Å². The Morgan fingerprint density at radius 2 is 1.90 bits per heavy atom. The second-order valence-corrected chi connectivity index (χ2v) is 9.45. The van der Waals surface area contributed by atoms with E-state index in [0.717, 1.165) is 36.1 Å². The summed E-state index contributed by atoms with van der Waals surface area (Å²) in [7, 11) is 1.66. The molecule has 5 rings (SSSR count). The molecule has 3 aliphatic rings. The monoisotopic (exact) mass is 423 g/mol. The summed E-state index contributed by atoms with van der Waals surface area (Å²) >= 11 is 0. The van der Waals surface area contributed by atoms with E-state index >= 15 is 0 Å². The Hall–Kier alpha value is -3.03. The first kappa shape index (κ1) is 19.9. The molecule has 1 aromatic carbocycles. The predicted octanol–water partition coefficient (Wildman–Crippen LogP) is 3.45. The standard InChI is InChI=1S/C23H29N5O3/c1-13(2)18-10-19(25-24-18)22(29)27-11-16-17(12-27)20(16)21-26-31-23(3,4)28(21)14-6-8-15(30-5)9-7-14/h6-10,13,16-17,20H,11-12H2,1-5H3,(H,24,25). The molecular weight excluding hydrogens is 394 g/mol. The molecule has 3 heterocycles. The number of nitrogens with one attached hydrogen (secondary N) is 1. The summed E-state index contributed by atoms with van der Waals surface area (Å²) in [6.45, 7) is 9.66. The summed E-state index contributed by atoms with van der Waals surface area (Å²) in [5, 5.41) is 11.7. The van der Waals surface area contributed by atoms with E-state index in [0.29, 0.717) is 29.4 Å². The summed E-state index contributed by atoms with van der Waals surface area (Å²) in [6.07, 6.45) is 0. The van der Waals surface area contributed by atoms with Crippen LogP contribution in [0.15, 0.2) is 35.5 Å². The van der Waals surface area contributed by atoms with Gasteiger partial charge in [0.2, 0.25) is 5.72 Å². The molecule has 31 heavy (non-hydrogen) atoms. The van der Waals surface area contributed by atoms with E-state index in [2.05, 4.69) is 34.1 Å². The maximum atomic E-state index is 12.9. The number of nitrogens with zero attached hydrogens (tertiary/aromatic N) is 4. The minimum atomic E-state index is -0.557. The number of benzene rings is 1. The highest BCUT2D eigenvalue weighted by molar-refractivity contribution is 6.03. The van der Waals surface area contributed by atoms with Crippen molar-refractivity contribution in [3.63, 3.8) is 0 Å². The van der Waals surface area contributed by atoms with Gasteiger partial charge >= 0.3 is 0 Å². The van der Waals surface area contributed by atoms with Gasteiger partial charge in [-0.1, -0.05) is 19.0 Å². The molecule has 2 unspecified atom stereocenters. The van der Waals surface area contributed by atoms with E-state index in [1.807, 2.05) is 49.1 Å². The van der Waals surface area contributed by atoms with Crippen molar-refractivity contribution in [2.45, 2.75) is 39.3 Å². The van der Waals surface area contributed by atoms with Gasteiger partial charge in [0.1, 0.15) is 11.4 Å². The number of H-pyrrole nitrogens is 1. The highest BCUT2D eigenvalue weighted by atomic mass is 16.7. The highest BCUT2D eigenvalue weighted by Gasteiger charge is 2.62. The van der Waals surface area contributed by atoms with Crippen molar-refractivity contribution in [2.24, 2.45) is 22.9 Å². The van der Waals surface area contributed by atoms with Crippen LogP contribution in [0.3, 0.4) is 0 Å². The minimum absolute atomic E-state index is 0.00560. The van der Waals surface area contributed by atoms with Crippen molar-refractivity contribution in [2.75, 3.05) is 25.1 Å². The van der Waals surface area contributed by atoms with Gasteiger partial charge in [-0.05, 0) is 61.9 Å². The average molecular weight is 424 g/mol. The van der Waals surface area contributed by atoms with Gasteiger partial charge in [0, 0.05) is 30.4 Å². The zero-order valence-corrected chi connectivity index (χ0v) is 18.6. The molecule has 1 aromatic heterocycles. The number of aromatic amines is 1. The van der Waals surface area contributed by atoms with Crippen LogP contribution in [-0.4, -0.2) is 52.8 Å². The van der Waals surface area contributed by atoms with Gasteiger partial charge in [-0.25, -0.2) is 0 Å². The lowest BCUT2D eigenvalue weighted by atomic mass is 10.1. The van der Waals surface area contributed by atoms with Crippen LogP contribution in [0.25, 0.3) is 0 Å². The molecule has 2 aromatic rings. The fourth-order valence-corrected chi connectivity index (χ4v) is 4.88. The fourth-order valence-electron chi connectivity index (χ4n) is 4.88. The number of amidine groups is 1. The zero-order valence-electron chi connectivity index (χ0n) is 18.6. The Kier molecular flexibility index (Phi) is 4.50. The van der Waals surface area contributed by atoms with E-state index in [-0.39, 0.29) is 5.91 Å². The normalized spacial score (nSPS) is 26.0. The lowest BCUT2D eigenvalue weighted by molar-refractivity contribution is 0.0138. The van der Waals surface area contributed by atoms with Crippen molar-refractivity contribution in [1.29, 1.82) is 0 Å². The number of amides is 1. The van der Waals surface area contributed by atoms with Crippen molar-refractivity contribution in [3.05, 3.63) is 41.7 Å². The number of piperidine rings is 1. The average Bonchev–Trinajstić information content (AvgIpc) is 3.18. The summed E-state index contributed by atoms with van der Waals surface area (Å²) < 4.78 is 5.29. The van der Waals surface area contributed by atoms with Crippen LogP contribution in [0.4, 0.5) is 5.69 Å². The largest absolute Gasteiger partial charge is 0.497 e. The van der Waals surface area contributed by atoms with Crippen LogP contribution >= 0.6 is 0 Å². The number of anilines is 1. The molecule has 1 saturated heterocycles. The predicted molar refractivity (Wildman–Crippen MR) is 117 cm³/mol. The number of ether oxygens (including phenoxy) is 1. The topological polar surface area (TPSA) is 83.0 Å². The van der Waals surface area contributed by atoms with E-state index in [1.165, 1.54) is 0 Å². The van der Waals surface area contributed by atoms with E-state index in [1.54, 1.807) is 7.11 Å². The maximum Gasteiger partial charge on any atom is 0.274 e. The lowest BCUT2D eigenvalue weighted by Crippen LogP contribution is -2.46. The fraction of sp³-hybridized carbons (Fsp3) is 0.522. The van der Waals surface area contributed by atoms with Gasteiger partial charge in [-0.3, -0.25) is 14.8 Å². The number of likely N-dealkylation sites (tertiary alicyclic amines) is 1. The summed E-state index contributed by atoms with van der Waals surface area (Å²) in [5.74, 6) is 3.21. The zero-order chi connectivity index (χ0) is 21.9. The number of fused-ring (bicyclic) bond motifs is 1. The SMILES string of the molecule is COc1ccc(N2C(C3C4CN(C(=O)c5cc(C(C)C)[nH]n5)CC43)=NOC2(C)C)cc1. The molecule has 1 aliphatic carbocycles. The number of carbonyl (C=O) groups is 1. The molecule has 2 aliphatic heterocycles. The van der Waals surface area contributed by atoms with E-state index < -0.39 is 5.72 Å². The molecule has 0 spiro atoms. The van der Waals surface area contributed by atoms with Crippen LogP contribution in [0.2, 0.25) is 0 Å². The number of methoxy groups -OCH3 is 1. The van der Waals surface area contributed by atoms with Crippen molar-refractivity contribution in [1.82, 2.24) is 15.1 Å². The van der Waals surface area contributed by atoms with Gasteiger partial charge < -0.3 is 14.5 Å².